The van der Waals surface area contributed by atoms with Crippen molar-refractivity contribution < 1.29 is 27.1 Å². The number of rotatable bonds is 8. The van der Waals surface area contributed by atoms with Crippen molar-refractivity contribution in [3.8, 4) is 0 Å². The average Bonchev–Trinajstić information content (AvgIpc) is 3.20. The van der Waals surface area contributed by atoms with E-state index in [1.54, 1.807) is 11.5 Å². The molecule has 3 aromatic carbocycles. The molecule has 0 aliphatic heterocycles. The Kier molecular flexibility index (Phi) is 7.84. The highest BCUT2D eigenvalue weighted by atomic mass is 32.2. The lowest BCUT2D eigenvalue weighted by molar-refractivity contribution is -0.143. The summed E-state index contributed by atoms with van der Waals surface area (Å²) < 4.78 is 48.5. The van der Waals surface area contributed by atoms with Gasteiger partial charge in [0.2, 0.25) is 0 Å². The maximum absolute atomic E-state index is 13.2. The van der Waals surface area contributed by atoms with E-state index >= 15 is 0 Å². The monoisotopic (exact) mass is 541 g/mol. The Morgan fingerprint density at radius 1 is 1.05 bits per heavy atom. The minimum absolute atomic E-state index is 0.108. The predicted molar refractivity (Wildman–Crippen MR) is 139 cm³/mol. The summed E-state index contributed by atoms with van der Waals surface area (Å²) in [4.78, 5) is 29.8. The van der Waals surface area contributed by atoms with Gasteiger partial charge in [0.15, 0.2) is 4.80 Å². The fraction of sp³-hybridized carbons (Fsp3) is 0.192. The van der Waals surface area contributed by atoms with E-state index in [1.165, 1.54) is 35.6 Å². The van der Waals surface area contributed by atoms with E-state index < -0.39 is 27.7 Å². The lowest BCUT2D eigenvalue weighted by atomic mass is 10.2. The van der Waals surface area contributed by atoms with E-state index in [1.807, 2.05) is 25.1 Å². The molecule has 0 radical (unpaired) electrons. The molecule has 192 valence electrons. The van der Waals surface area contributed by atoms with Gasteiger partial charge in [0.1, 0.15) is 12.4 Å². The Morgan fingerprint density at radius 3 is 2.51 bits per heavy atom. The molecular weight excluding hydrogens is 517 g/mol. The van der Waals surface area contributed by atoms with Crippen LogP contribution in [0.3, 0.4) is 0 Å². The second-order valence-electron chi connectivity index (χ2n) is 7.99. The van der Waals surface area contributed by atoms with Crippen molar-refractivity contribution in [2.24, 2.45) is 4.99 Å². The van der Waals surface area contributed by atoms with Gasteiger partial charge in [-0.2, -0.15) is 4.99 Å². The van der Waals surface area contributed by atoms with Crippen LogP contribution >= 0.6 is 11.3 Å². The second-order valence-corrected chi connectivity index (χ2v) is 10.7. The van der Waals surface area contributed by atoms with Gasteiger partial charge in [-0.25, -0.2) is 12.8 Å². The molecule has 1 N–H and O–H groups in total. The smallest absolute Gasteiger partial charge is 0.326 e. The summed E-state index contributed by atoms with van der Waals surface area (Å²) in [6.07, 6.45) is 0.831. The summed E-state index contributed by atoms with van der Waals surface area (Å²) >= 11 is 1.27. The van der Waals surface area contributed by atoms with Crippen molar-refractivity contribution in [3.63, 3.8) is 0 Å². The fourth-order valence-corrected chi connectivity index (χ4v) is 5.75. The Bertz CT molecular complexity index is 1640. The molecule has 0 spiro atoms. The Labute approximate surface area is 217 Å². The molecule has 0 fully saturated rings. The summed E-state index contributed by atoms with van der Waals surface area (Å²) in [5, 5.41) is 0. The number of carbonyl (C=O) groups excluding carboxylic acids is 2. The Balaban J connectivity index is 1.68. The minimum Gasteiger partial charge on any atom is -0.465 e. The van der Waals surface area contributed by atoms with Crippen LogP contribution in [0.4, 0.5) is 10.1 Å². The molecule has 37 heavy (non-hydrogen) atoms. The highest BCUT2D eigenvalue weighted by Crippen LogP contribution is 2.21. The number of halogens is 1. The molecule has 0 bridgehead atoms. The highest BCUT2D eigenvalue weighted by molar-refractivity contribution is 7.92. The van der Waals surface area contributed by atoms with Crippen molar-refractivity contribution >= 4 is 49.1 Å². The number of aromatic nitrogens is 1. The summed E-state index contributed by atoms with van der Waals surface area (Å²) in [5.41, 5.74) is 2.15. The Hall–Kier alpha value is -3.83. The first kappa shape index (κ1) is 26.2. The highest BCUT2D eigenvalue weighted by Gasteiger charge is 2.16. The van der Waals surface area contributed by atoms with Crippen LogP contribution in [0, 0.1) is 5.82 Å². The number of aryl methyl sites for hydroxylation is 1. The fourth-order valence-electron chi connectivity index (χ4n) is 3.61. The largest absolute Gasteiger partial charge is 0.465 e. The molecule has 1 aromatic heterocycles. The van der Waals surface area contributed by atoms with Crippen LogP contribution in [-0.4, -0.2) is 31.5 Å². The number of hydrogen-bond acceptors (Lipinski definition) is 6. The van der Waals surface area contributed by atoms with Crippen LogP contribution in [0.1, 0.15) is 29.8 Å². The van der Waals surface area contributed by atoms with Gasteiger partial charge in [0, 0.05) is 11.3 Å². The van der Waals surface area contributed by atoms with Crippen molar-refractivity contribution in [2.45, 2.75) is 31.7 Å². The zero-order valence-corrected chi connectivity index (χ0v) is 21.7. The number of amides is 1. The van der Waals surface area contributed by atoms with Gasteiger partial charge in [0.05, 0.1) is 21.7 Å². The normalized spacial score (nSPS) is 12.0. The first-order valence-electron chi connectivity index (χ1n) is 11.5. The number of anilines is 1. The molecule has 0 unspecified atom stereocenters. The van der Waals surface area contributed by atoms with Crippen LogP contribution < -0.4 is 9.52 Å². The molecule has 0 aliphatic rings. The molecule has 0 aliphatic carbocycles. The van der Waals surface area contributed by atoms with Crippen molar-refractivity contribution in [1.29, 1.82) is 0 Å². The second kappa shape index (κ2) is 11.1. The summed E-state index contributed by atoms with van der Waals surface area (Å²) in [7, 11) is -3.99. The maximum Gasteiger partial charge on any atom is 0.326 e. The summed E-state index contributed by atoms with van der Waals surface area (Å²) in [6, 6.07) is 16.1. The Morgan fingerprint density at radius 2 is 1.81 bits per heavy atom. The molecular formula is C26H24FN3O5S2. The van der Waals surface area contributed by atoms with E-state index in [0.29, 0.717) is 4.80 Å². The number of fused-ring (bicyclic) bond motifs is 1. The van der Waals surface area contributed by atoms with E-state index in [9.17, 15) is 22.4 Å². The van der Waals surface area contributed by atoms with Crippen molar-refractivity contribution in [3.05, 3.63) is 88.5 Å². The predicted octanol–water partition coefficient (Wildman–Crippen LogP) is 4.51. The van der Waals surface area contributed by atoms with E-state index in [2.05, 4.69) is 9.71 Å². The minimum atomic E-state index is -3.99. The standard InChI is InChI=1S/C26H24FN3O5S2/c1-3-17-8-13-22-23(14-17)36-26(30(22)16-24(31)35-4-2)28-25(32)18-6-5-7-20(15-18)29-37(33,34)21-11-9-19(27)10-12-21/h5-15,29H,3-4,16H2,1-2H3. The van der Waals surface area contributed by atoms with E-state index in [0.717, 1.165) is 46.5 Å². The van der Waals surface area contributed by atoms with Crippen LogP contribution in [0.5, 0.6) is 0 Å². The van der Waals surface area contributed by atoms with Gasteiger partial charge in [-0.15, -0.1) is 0 Å². The van der Waals surface area contributed by atoms with Gasteiger partial charge < -0.3 is 9.30 Å². The maximum atomic E-state index is 13.2. The van der Waals surface area contributed by atoms with Crippen LogP contribution in [0.15, 0.2) is 76.6 Å². The molecule has 11 heteroatoms. The molecule has 0 saturated carbocycles. The van der Waals surface area contributed by atoms with Crippen molar-refractivity contribution in [1.82, 2.24) is 4.57 Å². The van der Waals surface area contributed by atoms with Crippen LogP contribution in [-0.2, 0) is 32.5 Å². The topological polar surface area (TPSA) is 107 Å². The number of benzene rings is 3. The SMILES string of the molecule is CCOC(=O)Cn1c(=NC(=O)c2cccc(NS(=O)(=O)c3ccc(F)cc3)c2)sc2cc(CC)ccc21. The third kappa shape index (κ3) is 6.12. The number of hydrogen-bond donors (Lipinski definition) is 1. The number of esters is 1. The molecule has 8 nitrogen and oxygen atoms in total. The third-order valence-electron chi connectivity index (χ3n) is 5.43. The van der Waals surface area contributed by atoms with Gasteiger partial charge in [-0.3, -0.25) is 14.3 Å². The summed E-state index contributed by atoms with van der Waals surface area (Å²) in [6.45, 7) is 3.87. The van der Waals surface area contributed by atoms with Crippen LogP contribution in [0.2, 0.25) is 0 Å². The molecule has 4 aromatic rings. The molecule has 1 heterocycles. The van der Waals surface area contributed by atoms with E-state index in [4.69, 9.17) is 4.74 Å². The molecule has 1 amide bonds. The zero-order chi connectivity index (χ0) is 26.6. The average molecular weight is 542 g/mol. The number of nitrogens with one attached hydrogen (secondary N) is 1. The first-order chi connectivity index (χ1) is 17.7. The molecule has 4 rings (SSSR count). The molecule has 0 saturated heterocycles. The third-order valence-corrected chi connectivity index (χ3v) is 7.87. The number of thiazole rings is 1. The van der Waals surface area contributed by atoms with E-state index in [-0.39, 0.29) is 29.3 Å². The number of ether oxygens (including phenoxy) is 1. The lowest BCUT2D eigenvalue weighted by Gasteiger charge is -2.09. The number of carbonyl (C=O) groups is 2. The van der Waals surface area contributed by atoms with Gasteiger partial charge in [0.25, 0.3) is 15.9 Å². The summed E-state index contributed by atoms with van der Waals surface area (Å²) in [5.74, 6) is -1.61. The van der Waals surface area contributed by atoms with Gasteiger partial charge in [-0.1, -0.05) is 30.4 Å². The molecule has 0 atom stereocenters. The zero-order valence-electron chi connectivity index (χ0n) is 20.1. The quantitative estimate of drug-likeness (QED) is 0.331. The number of sulfonamides is 1. The van der Waals surface area contributed by atoms with Gasteiger partial charge in [-0.05, 0) is 73.5 Å². The van der Waals surface area contributed by atoms with Gasteiger partial charge >= 0.3 is 5.97 Å². The van der Waals surface area contributed by atoms with Crippen LogP contribution in [0.25, 0.3) is 10.2 Å². The first-order valence-corrected chi connectivity index (χ1v) is 13.8. The van der Waals surface area contributed by atoms with Crippen molar-refractivity contribution in [2.75, 3.05) is 11.3 Å². The number of nitrogens with zero attached hydrogens (tertiary/aromatic N) is 2. The lowest BCUT2D eigenvalue weighted by Crippen LogP contribution is -2.23.